The van der Waals surface area contributed by atoms with Crippen LogP contribution in [0.2, 0.25) is 0 Å². The van der Waals surface area contributed by atoms with Crippen LogP contribution >= 0.6 is 0 Å². The Morgan fingerprint density at radius 2 is 2.00 bits per heavy atom. The molecule has 0 unspecified atom stereocenters. The van der Waals surface area contributed by atoms with E-state index in [2.05, 4.69) is 10.2 Å². The first kappa shape index (κ1) is 21.4. The molecule has 0 aromatic carbocycles. The minimum atomic E-state index is -4.72. The van der Waals surface area contributed by atoms with Crippen LogP contribution in [0.15, 0.2) is 0 Å². The van der Waals surface area contributed by atoms with E-state index in [4.69, 9.17) is 9.47 Å². The highest BCUT2D eigenvalue weighted by Crippen LogP contribution is 2.43. The number of unbranched alkanes of at least 4 members (excludes halogenated alkanes) is 1. The van der Waals surface area contributed by atoms with Crippen molar-refractivity contribution in [3.63, 3.8) is 0 Å². The van der Waals surface area contributed by atoms with Crippen LogP contribution in [-0.4, -0.2) is 68.6 Å². The molecule has 0 aliphatic carbocycles. The molecule has 26 heavy (non-hydrogen) atoms. The molecule has 0 aromatic heterocycles. The fraction of sp³-hybridized carbons (Fsp3) is 0.944. The lowest BCUT2D eigenvalue weighted by atomic mass is 9.84. The lowest BCUT2D eigenvalue weighted by Gasteiger charge is -2.35. The Kier molecular flexibility index (Phi) is 8.16. The van der Waals surface area contributed by atoms with Gasteiger partial charge in [0, 0.05) is 32.8 Å². The fourth-order valence-electron chi connectivity index (χ4n) is 3.70. The maximum absolute atomic E-state index is 13.9. The third-order valence-corrected chi connectivity index (χ3v) is 5.29. The smallest absolute Gasteiger partial charge is 0.379 e. The summed E-state index contributed by atoms with van der Waals surface area (Å²) in [6.07, 6.45) is -1.24. The summed E-state index contributed by atoms with van der Waals surface area (Å²) in [5.41, 5.74) is -2.72. The highest BCUT2D eigenvalue weighted by atomic mass is 19.4. The summed E-state index contributed by atoms with van der Waals surface area (Å²) in [7, 11) is 0. The van der Waals surface area contributed by atoms with Gasteiger partial charge in [-0.25, -0.2) is 0 Å². The Morgan fingerprint density at radius 3 is 2.65 bits per heavy atom. The van der Waals surface area contributed by atoms with Crippen LogP contribution in [-0.2, 0) is 14.3 Å². The minimum Gasteiger partial charge on any atom is -0.379 e. The number of rotatable bonds is 7. The van der Waals surface area contributed by atoms with Gasteiger partial charge < -0.3 is 14.8 Å². The van der Waals surface area contributed by atoms with E-state index in [-0.39, 0.29) is 25.5 Å². The maximum atomic E-state index is 13.9. The Morgan fingerprint density at radius 1 is 1.27 bits per heavy atom. The number of carbonyl (C=O) groups is 1. The van der Waals surface area contributed by atoms with Crippen molar-refractivity contribution >= 4 is 5.91 Å². The molecule has 2 fully saturated rings. The topological polar surface area (TPSA) is 50.8 Å². The minimum absolute atomic E-state index is 0.0288. The summed E-state index contributed by atoms with van der Waals surface area (Å²) >= 11 is 0. The molecule has 2 atom stereocenters. The summed E-state index contributed by atoms with van der Waals surface area (Å²) in [5.74, 6) is -1.18. The summed E-state index contributed by atoms with van der Waals surface area (Å²) in [4.78, 5) is 14.7. The highest BCUT2D eigenvalue weighted by molar-refractivity contribution is 5.86. The van der Waals surface area contributed by atoms with Gasteiger partial charge in [-0.1, -0.05) is 26.2 Å². The first-order valence-corrected chi connectivity index (χ1v) is 9.68. The second kappa shape index (κ2) is 9.90. The molecule has 0 spiro atoms. The third kappa shape index (κ3) is 5.57. The number of alkyl halides is 3. The van der Waals surface area contributed by atoms with Crippen LogP contribution in [0.1, 0.15) is 45.4 Å². The number of halogens is 3. The zero-order chi connectivity index (χ0) is 19.0. The van der Waals surface area contributed by atoms with Crippen LogP contribution in [0.5, 0.6) is 0 Å². The number of hydrogen-bond acceptors (Lipinski definition) is 4. The second-order valence-electron chi connectivity index (χ2n) is 7.24. The van der Waals surface area contributed by atoms with Gasteiger partial charge in [0.25, 0.3) is 5.91 Å². The first-order valence-electron chi connectivity index (χ1n) is 9.68. The van der Waals surface area contributed by atoms with E-state index in [1.807, 2.05) is 6.92 Å². The SMILES string of the molecule is CCCC[C@@H]1CCCO[C@@](C(=O)NCCN2CCOCC2)(C(F)(F)F)C1. The van der Waals surface area contributed by atoms with Crippen LogP contribution in [0, 0.1) is 5.92 Å². The molecule has 1 N–H and O–H groups in total. The van der Waals surface area contributed by atoms with Crippen molar-refractivity contribution in [3.8, 4) is 0 Å². The number of amides is 1. The molecule has 2 aliphatic rings. The summed E-state index contributed by atoms with van der Waals surface area (Å²) in [5, 5.41) is 2.49. The van der Waals surface area contributed by atoms with E-state index in [0.717, 1.165) is 25.9 Å². The molecule has 2 aliphatic heterocycles. The zero-order valence-corrected chi connectivity index (χ0v) is 15.6. The summed E-state index contributed by atoms with van der Waals surface area (Å²) < 4.78 is 52.1. The molecule has 1 amide bonds. The van der Waals surface area contributed by atoms with Gasteiger partial charge in [0.1, 0.15) is 0 Å². The van der Waals surface area contributed by atoms with E-state index in [9.17, 15) is 18.0 Å². The average molecular weight is 380 g/mol. The van der Waals surface area contributed by atoms with Crippen molar-refractivity contribution < 1.29 is 27.4 Å². The van der Waals surface area contributed by atoms with Crippen molar-refractivity contribution in [2.45, 2.75) is 57.2 Å². The van der Waals surface area contributed by atoms with Crippen LogP contribution in [0.3, 0.4) is 0 Å². The molecule has 5 nitrogen and oxygen atoms in total. The Hall–Kier alpha value is -0.860. The van der Waals surface area contributed by atoms with Crippen molar-refractivity contribution in [1.82, 2.24) is 10.2 Å². The molecule has 0 bridgehead atoms. The lowest BCUT2D eigenvalue weighted by molar-refractivity contribution is -0.269. The van der Waals surface area contributed by atoms with E-state index in [0.29, 0.717) is 39.0 Å². The second-order valence-corrected chi connectivity index (χ2v) is 7.24. The van der Waals surface area contributed by atoms with Crippen LogP contribution in [0.4, 0.5) is 13.2 Å². The van der Waals surface area contributed by atoms with Crippen LogP contribution < -0.4 is 5.32 Å². The number of nitrogens with one attached hydrogen (secondary N) is 1. The average Bonchev–Trinajstić information content (AvgIpc) is 2.84. The predicted molar refractivity (Wildman–Crippen MR) is 91.9 cm³/mol. The summed E-state index contributed by atoms with van der Waals surface area (Å²) in [6, 6.07) is 0. The molecule has 0 aromatic rings. The normalized spacial score (nSPS) is 28.5. The molecule has 0 saturated carbocycles. The fourth-order valence-corrected chi connectivity index (χ4v) is 3.70. The maximum Gasteiger partial charge on any atom is 0.426 e. The molecule has 8 heteroatoms. The van der Waals surface area contributed by atoms with Crippen LogP contribution in [0.25, 0.3) is 0 Å². The Bertz CT molecular complexity index is 442. The summed E-state index contributed by atoms with van der Waals surface area (Å²) in [6.45, 7) is 5.38. The first-order chi connectivity index (χ1) is 12.4. The molecular weight excluding hydrogens is 349 g/mol. The molecular formula is C18H31F3N2O3. The van der Waals surface area contributed by atoms with Gasteiger partial charge in [-0.2, -0.15) is 13.2 Å². The zero-order valence-electron chi connectivity index (χ0n) is 15.6. The number of carbonyl (C=O) groups excluding carboxylic acids is 1. The van der Waals surface area contributed by atoms with Crippen molar-refractivity contribution in [3.05, 3.63) is 0 Å². The highest BCUT2D eigenvalue weighted by Gasteiger charge is 2.62. The van der Waals surface area contributed by atoms with Gasteiger partial charge in [-0.3, -0.25) is 9.69 Å². The quantitative estimate of drug-likeness (QED) is 0.738. The Labute approximate surface area is 153 Å². The predicted octanol–water partition coefficient (Wildman–Crippen LogP) is 2.74. The van der Waals surface area contributed by atoms with E-state index in [1.165, 1.54) is 0 Å². The van der Waals surface area contributed by atoms with E-state index >= 15 is 0 Å². The molecule has 152 valence electrons. The van der Waals surface area contributed by atoms with E-state index in [1.54, 1.807) is 0 Å². The number of morpholine rings is 1. The number of hydrogen-bond donors (Lipinski definition) is 1. The number of ether oxygens (including phenoxy) is 2. The van der Waals surface area contributed by atoms with Crippen molar-refractivity contribution in [1.29, 1.82) is 0 Å². The molecule has 2 rings (SSSR count). The molecule has 2 saturated heterocycles. The van der Waals surface area contributed by atoms with Crippen molar-refractivity contribution in [2.75, 3.05) is 46.0 Å². The van der Waals surface area contributed by atoms with Gasteiger partial charge in [0.05, 0.1) is 13.2 Å². The van der Waals surface area contributed by atoms with Gasteiger partial charge in [-0.15, -0.1) is 0 Å². The monoisotopic (exact) mass is 380 g/mol. The Balaban J connectivity index is 2.00. The molecule has 0 radical (unpaired) electrons. The van der Waals surface area contributed by atoms with Gasteiger partial charge in [0.15, 0.2) is 0 Å². The van der Waals surface area contributed by atoms with Gasteiger partial charge in [0.2, 0.25) is 5.60 Å². The third-order valence-electron chi connectivity index (χ3n) is 5.29. The standard InChI is InChI=1S/C18H31F3N2O3/c1-2-3-5-15-6-4-11-26-17(14-15,18(19,20)21)16(24)22-7-8-23-9-12-25-13-10-23/h15H,2-14H2,1H3,(H,22,24)/t15-,17+/m1/s1. The lowest BCUT2D eigenvalue weighted by Crippen LogP contribution is -2.60. The van der Waals surface area contributed by atoms with Gasteiger partial charge in [-0.05, 0) is 25.2 Å². The molecule has 2 heterocycles. The van der Waals surface area contributed by atoms with Gasteiger partial charge >= 0.3 is 6.18 Å². The van der Waals surface area contributed by atoms with Crippen molar-refractivity contribution in [2.24, 2.45) is 5.92 Å². The van der Waals surface area contributed by atoms with E-state index < -0.39 is 17.7 Å². The largest absolute Gasteiger partial charge is 0.426 e. The number of nitrogens with zero attached hydrogens (tertiary/aromatic N) is 1.